The molecule has 1 unspecified atom stereocenters. The fourth-order valence-electron chi connectivity index (χ4n) is 3.39. The van der Waals surface area contributed by atoms with E-state index < -0.39 is 0 Å². The van der Waals surface area contributed by atoms with Crippen molar-refractivity contribution >= 4 is 5.78 Å². The first kappa shape index (κ1) is 14.0. The molecule has 3 nitrogen and oxygen atoms in total. The minimum Gasteiger partial charge on any atom is -0.381 e. The summed E-state index contributed by atoms with van der Waals surface area (Å²) in [6.45, 7) is 6.90. The zero-order valence-electron chi connectivity index (χ0n) is 12.1. The molecule has 1 aliphatic heterocycles. The van der Waals surface area contributed by atoms with Gasteiger partial charge in [0, 0.05) is 37.1 Å². The normalized spacial score (nSPS) is 29.8. The molecule has 18 heavy (non-hydrogen) atoms. The summed E-state index contributed by atoms with van der Waals surface area (Å²) in [5.74, 6) is 0.731. The van der Waals surface area contributed by atoms with Gasteiger partial charge in [-0.3, -0.25) is 4.79 Å². The molecule has 1 saturated heterocycles. The first-order chi connectivity index (χ1) is 8.50. The number of carbonyl (C=O) groups is 1. The second-order valence-corrected chi connectivity index (χ2v) is 6.62. The Balaban J connectivity index is 1.89. The van der Waals surface area contributed by atoms with Gasteiger partial charge in [-0.05, 0) is 32.7 Å². The lowest BCUT2D eigenvalue weighted by Gasteiger charge is -2.38. The average Bonchev–Trinajstić information content (AvgIpc) is 2.36. The monoisotopic (exact) mass is 253 g/mol. The molecule has 3 heteroatoms. The molecule has 0 spiro atoms. The van der Waals surface area contributed by atoms with Gasteiger partial charge < -0.3 is 9.64 Å². The van der Waals surface area contributed by atoms with E-state index in [4.69, 9.17) is 4.74 Å². The quantitative estimate of drug-likeness (QED) is 0.774. The molecule has 1 saturated carbocycles. The van der Waals surface area contributed by atoms with Crippen molar-refractivity contribution in [3.63, 3.8) is 0 Å². The first-order valence-electron chi connectivity index (χ1n) is 7.33. The molecule has 0 N–H and O–H groups in total. The number of ketones is 1. The van der Waals surface area contributed by atoms with Gasteiger partial charge in [-0.2, -0.15) is 0 Å². The first-order valence-corrected chi connectivity index (χ1v) is 7.33. The number of rotatable bonds is 3. The van der Waals surface area contributed by atoms with E-state index in [-0.39, 0.29) is 11.3 Å². The highest BCUT2D eigenvalue weighted by Gasteiger charge is 2.38. The summed E-state index contributed by atoms with van der Waals surface area (Å²) in [4.78, 5) is 14.8. The number of hydrogen-bond acceptors (Lipinski definition) is 3. The molecule has 1 atom stereocenters. The van der Waals surface area contributed by atoms with Crippen LogP contribution in [0.2, 0.25) is 0 Å². The molecule has 104 valence electrons. The van der Waals surface area contributed by atoms with Gasteiger partial charge in [-0.1, -0.05) is 20.3 Å². The van der Waals surface area contributed by atoms with Crippen LogP contribution in [0, 0.1) is 11.3 Å². The summed E-state index contributed by atoms with van der Waals surface area (Å²) in [7, 11) is 2.17. The van der Waals surface area contributed by atoms with Crippen LogP contribution in [-0.4, -0.2) is 43.5 Å². The summed E-state index contributed by atoms with van der Waals surface area (Å²) >= 11 is 0. The lowest BCUT2D eigenvalue weighted by Crippen LogP contribution is -2.45. The van der Waals surface area contributed by atoms with Crippen LogP contribution < -0.4 is 0 Å². The number of hydrogen-bond donors (Lipinski definition) is 0. The highest BCUT2D eigenvalue weighted by molar-refractivity contribution is 5.87. The Morgan fingerprint density at radius 3 is 2.61 bits per heavy atom. The van der Waals surface area contributed by atoms with Crippen molar-refractivity contribution < 1.29 is 9.53 Å². The minimum atomic E-state index is -0.0978. The smallest absolute Gasteiger partial charge is 0.142 e. The summed E-state index contributed by atoms with van der Waals surface area (Å²) in [5.41, 5.74) is -0.0978. The van der Waals surface area contributed by atoms with E-state index in [9.17, 15) is 4.79 Å². The lowest BCUT2D eigenvalue weighted by atomic mass is 9.71. The van der Waals surface area contributed by atoms with E-state index in [0.29, 0.717) is 11.8 Å². The lowest BCUT2D eigenvalue weighted by molar-refractivity contribution is -0.135. The molecule has 2 rings (SSSR count). The Kier molecular flexibility index (Phi) is 4.44. The molecule has 2 aliphatic rings. The zero-order chi connectivity index (χ0) is 13.2. The third-order valence-electron chi connectivity index (χ3n) is 4.71. The highest BCUT2D eigenvalue weighted by atomic mass is 16.5. The summed E-state index contributed by atoms with van der Waals surface area (Å²) in [6.07, 6.45) is 5.56. The van der Waals surface area contributed by atoms with E-state index in [0.717, 1.165) is 45.4 Å². The van der Waals surface area contributed by atoms with Gasteiger partial charge in [-0.15, -0.1) is 0 Å². The second kappa shape index (κ2) is 5.70. The molecule has 0 aromatic rings. The maximum Gasteiger partial charge on any atom is 0.142 e. The van der Waals surface area contributed by atoms with E-state index in [1.807, 2.05) is 0 Å². The highest BCUT2D eigenvalue weighted by Crippen LogP contribution is 2.35. The van der Waals surface area contributed by atoms with Crippen LogP contribution in [0.15, 0.2) is 0 Å². The average molecular weight is 253 g/mol. The number of carbonyl (C=O) groups excluding carboxylic acids is 1. The third-order valence-corrected chi connectivity index (χ3v) is 4.71. The van der Waals surface area contributed by atoms with Gasteiger partial charge >= 0.3 is 0 Å². The maximum atomic E-state index is 12.4. The van der Waals surface area contributed by atoms with Crippen molar-refractivity contribution in [2.24, 2.45) is 11.3 Å². The van der Waals surface area contributed by atoms with E-state index in [1.165, 1.54) is 6.42 Å². The number of ether oxygens (including phenoxy) is 1. The Labute approximate surface area is 111 Å². The predicted octanol–water partition coefficient (Wildman–Crippen LogP) is 2.49. The fourth-order valence-corrected chi connectivity index (χ4v) is 3.39. The standard InChI is InChI=1S/C15H27NO2/c1-15(2)8-4-5-12(14(15)17)11-16(3)13-6-9-18-10-7-13/h12-13H,4-11H2,1-3H3. The second-order valence-electron chi connectivity index (χ2n) is 6.62. The Hall–Kier alpha value is -0.410. The van der Waals surface area contributed by atoms with E-state index in [1.54, 1.807) is 0 Å². The van der Waals surface area contributed by atoms with Crippen LogP contribution in [0.3, 0.4) is 0 Å². The van der Waals surface area contributed by atoms with Crippen LogP contribution in [0.4, 0.5) is 0 Å². The largest absolute Gasteiger partial charge is 0.381 e. The van der Waals surface area contributed by atoms with Gasteiger partial charge in [0.1, 0.15) is 5.78 Å². The molecular formula is C15H27NO2. The molecule has 0 radical (unpaired) electrons. The third kappa shape index (κ3) is 3.12. The molecular weight excluding hydrogens is 226 g/mol. The SMILES string of the molecule is CN(CC1CCCC(C)(C)C1=O)C1CCOCC1. The van der Waals surface area contributed by atoms with Crippen LogP contribution >= 0.6 is 0 Å². The molecule has 0 bridgehead atoms. The Bertz CT molecular complexity index is 295. The fraction of sp³-hybridized carbons (Fsp3) is 0.933. The zero-order valence-corrected chi connectivity index (χ0v) is 12.1. The summed E-state index contributed by atoms with van der Waals surface area (Å²) in [6, 6.07) is 0.608. The van der Waals surface area contributed by atoms with Crippen molar-refractivity contribution in [1.82, 2.24) is 4.90 Å². The van der Waals surface area contributed by atoms with Gasteiger partial charge in [-0.25, -0.2) is 0 Å². The van der Waals surface area contributed by atoms with Crippen molar-refractivity contribution in [1.29, 1.82) is 0 Å². The van der Waals surface area contributed by atoms with Crippen LogP contribution in [0.25, 0.3) is 0 Å². The molecule has 0 amide bonds. The van der Waals surface area contributed by atoms with Crippen molar-refractivity contribution in [3.05, 3.63) is 0 Å². The van der Waals surface area contributed by atoms with E-state index >= 15 is 0 Å². The van der Waals surface area contributed by atoms with Crippen molar-refractivity contribution in [3.8, 4) is 0 Å². The molecule has 1 aliphatic carbocycles. The van der Waals surface area contributed by atoms with E-state index in [2.05, 4.69) is 25.8 Å². The number of nitrogens with zero attached hydrogens (tertiary/aromatic N) is 1. The molecule has 0 aromatic carbocycles. The predicted molar refractivity (Wildman–Crippen MR) is 72.6 cm³/mol. The van der Waals surface area contributed by atoms with Gasteiger partial charge in [0.15, 0.2) is 0 Å². The Morgan fingerprint density at radius 1 is 1.28 bits per heavy atom. The van der Waals surface area contributed by atoms with Crippen LogP contribution in [-0.2, 0) is 9.53 Å². The number of Topliss-reactive ketones (excluding diaryl/α,β-unsaturated/α-hetero) is 1. The van der Waals surface area contributed by atoms with Crippen LogP contribution in [0.5, 0.6) is 0 Å². The van der Waals surface area contributed by atoms with Crippen molar-refractivity contribution in [2.45, 2.75) is 52.0 Å². The van der Waals surface area contributed by atoms with Gasteiger partial charge in [0.25, 0.3) is 0 Å². The summed E-state index contributed by atoms with van der Waals surface area (Å²) in [5, 5.41) is 0. The topological polar surface area (TPSA) is 29.5 Å². The van der Waals surface area contributed by atoms with Crippen molar-refractivity contribution in [2.75, 3.05) is 26.8 Å². The minimum absolute atomic E-state index is 0.0978. The maximum absolute atomic E-state index is 12.4. The molecule has 1 heterocycles. The Morgan fingerprint density at radius 2 is 1.94 bits per heavy atom. The molecule has 2 fully saturated rings. The van der Waals surface area contributed by atoms with Gasteiger partial charge in [0.05, 0.1) is 0 Å². The van der Waals surface area contributed by atoms with Crippen LogP contribution in [0.1, 0.15) is 46.0 Å². The summed E-state index contributed by atoms with van der Waals surface area (Å²) < 4.78 is 5.40. The molecule has 0 aromatic heterocycles. The van der Waals surface area contributed by atoms with Gasteiger partial charge in [0.2, 0.25) is 0 Å².